The molecule has 4 aliphatic carbocycles. The van der Waals surface area contributed by atoms with Crippen molar-refractivity contribution in [2.75, 3.05) is 7.11 Å². The highest BCUT2D eigenvalue weighted by Crippen LogP contribution is 2.68. The second-order valence-corrected chi connectivity index (χ2v) is 9.87. The van der Waals surface area contributed by atoms with Crippen LogP contribution < -0.4 is 0 Å². The van der Waals surface area contributed by atoms with Crippen molar-refractivity contribution in [3.8, 4) is 0 Å². The van der Waals surface area contributed by atoms with Crippen LogP contribution in [0.5, 0.6) is 0 Å². The molecule has 0 N–H and O–H groups in total. The SMILES string of the molecule is CO[C@@]1(CCC=O)CCC2[C@@H]3CCC4=CC(=O)CCC4(C)C3CCC21C. The minimum absolute atomic E-state index is 0.122. The normalized spacial score (nSPS) is 47.6. The number of hydrogen-bond acceptors (Lipinski definition) is 3. The Morgan fingerprint density at radius 3 is 2.62 bits per heavy atom. The fourth-order valence-corrected chi connectivity index (χ4v) is 7.79. The van der Waals surface area contributed by atoms with Crippen molar-refractivity contribution in [2.45, 2.75) is 83.7 Å². The molecule has 0 aromatic carbocycles. The third-order valence-electron chi connectivity index (χ3n) is 9.31. The van der Waals surface area contributed by atoms with Gasteiger partial charge in [0.15, 0.2) is 5.78 Å². The van der Waals surface area contributed by atoms with E-state index in [0.717, 1.165) is 44.3 Å². The smallest absolute Gasteiger partial charge is 0.155 e. The Labute approximate surface area is 157 Å². The summed E-state index contributed by atoms with van der Waals surface area (Å²) < 4.78 is 6.18. The Balaban J connectivity index is 1.65. The predicted octanol–water partition coefficient (Wildman–Crippen LogP) is 4.88. The van der Waals surface area contributed by atoms with Gasteiger partial charge < -0.3 is 9.53 Å². The summed E-state index contributed by atoms with van der Waals surface area (Å²) in [6.07, 6.45) is 13.4. The Hall–Kier alpha value is -0.960. The molecule has 6 atom stereocenters. The topological polar surface area (TPSA) is 43.4 Å². The molecule has 26 heavy (non-hydrogen) atoms. The molecule has 0 heterocycles. The maximum atomic E-state index is 12.0. The highest BCUT2D eigenvalue weighted by Gasteiger charge is 2.64. The lowest BCUT2D eigenvalue weighted by molar-refractivity contribution is -0.150. The van der Waals surface area contributed by atoms with Gasteiger partial charge in [-0.2, -0.15) is 0 Å². The second kappa shape index (κ2) is 6.29. The van der Waals surface area contributed by atoms with E-state index >= 15 is 0 Å². The van der Waals surface area contributed by atoms with E-state index in [-0.39, 0.29) is 16.4 Å². The zero-order valence-corrected chi connectivity index (χ0v) is 16.7. The van der Waals surface area contributed by atoms with E-state index in [1.54, 1.807) is 0 Å². The van der Waals surface area contributed by atoms with E-state index in [1.807, 2.05) is 13.2 Å². The maximum absolute atomic E-state index is 12.0. The summed E-state index contributed by atoms with van der Waals surface area (Å²) in [5.74, 6) is 2.50. The molecular formula is C23H34O3. The molecule has 0 amide bonds. The fraction of sp³-hybridized carbons (Fsp3) is 0.826. The first kappa shape index (κ1) is 18.4. The largest absolute Gasteiger partial charge is 0.378 e. The summed E-state index contributed by atoms with van der Waals surface area (Å²) in [6.45, 7) is 4.89. The quantitative estimate of drug-likeness (QED) is 0.673. The highest BCUT2D eigenvalue weighted by atomic mass is 16.5. The van der Waals surface area contributed by atoms with Crippen LogP contribution in [0.4, 0.5) is 0 Å². The first-order chi connectivity index (χ1) is 12.4. The summed E-state index contributed by atoms with van der Waals surface area (Å²) in [5, 5.41) is 0. The van der Waals surface area contributed by atoms with E-state index in [1.165, 1.54) is 31.3 Å². The van der Waals surface area contributed by atoms with Crippen molar-refractivity contribution < 1.29 is 14.3 Å². The molecule has 0 aliphatic heterocycles. The highest BCUT2D eigenvalue weighted by molar-refractivity contribution is 5.91. The van der Waals surface area contributed by atoms with Gasteiger partial charge in [-0.25, -0.2) is 0 Å². The Morgan fingerprint density at radius 1 is 1.12 bits per heavy atom. The Kier molecular flexibility index (Phi) is 4.45. The fourth-order valence-electron chi connectivity index (χ4n) is 7.79. The number of carbonyl (C=O) groups is 2. The minimum atomic E-state index is -0.122. The molecule has 3 saturated carbocycles. The summed E-state index contributed by atoms with van der Waals surface area (Å²) in [5.41, 5.74) is 1.74. The molecule has 0 aromatic heterocycles. The maximum Gasteiger partial charge on any atom is 0.155 e. The molecule has 0 spiro atoms. The molecule has 3 nitrogen and oxygen atoms in total. The molecule has 0 saturated heterocycles. The number of aldehydes is 1. The molecule has 4 rings (SSSR count). The first-order valence-corrected chi connectivity index (χ1v) is 10.6. The van der Waals surface area contributed by atoms with E-state index in [9.17, 15) is 9.59 Å². The van der Waals surface area contributed by atoms with Crippen molar-refractivity contribution in [2.24, 2.45) is 28.6 Å². The summed E-state index contributed by atoms with van der Waals surface area (Å²) in [6, 6.07) is 0. The molecular weight excluding hydrogens is 324 g/mol. The van der Waals surface area contributed by atoms with Gasteiger partial charge in [-0.1, -0.05) is 19.4 Å². The lowest BCUT2D eigenvalue weighted by atomic mass is 9.46. The summed E-state index contributed by atoms with van der Waals surface area (Å²) in [7, 11) is 1.86. The zero-order valence-electron chi connectivity index (χ0n) is 16.7. The summed E-state index contributed by atoms with van der Waals surface area (Å²) in [4.78, 5) is 23.0. The number of ketones is 1. The van der Waals surface area contributed by atoms with Gasteiger partial charge in [0.05, 0.1) is 5.60 Å². The molecule has 0 aromatic rings. The summed E-state index contributed by atoms with van der Waals surface area (Å²) >= 11 is 0. The van der Waals surface area contributed by atoms with Crippen LogP contribution >= 0.6 is 0 Å². The number of allylic oxidation sites excluding steroid dienone is 1. The number of methoxy groups -OCH3 is 1. The van der Waals surface area contributed by atoms with E-state index in [0.29, 0.717) is 24.0 Å². The number of ether oxygens (including phenoxy) is 1. The van der Waals surface area contributed by atoms with Crippen LogP contribution in [-0.2, 0) is 14.3 Å². The number of hydrogen-bond donors (Lipinski definition) is 0. The first-order valence-electron chi connectivity index (χ1n) is 10.6. The van der Waals surface area contributed by atoms with Crippen LogP contribution in [-0.4, -0.2) is 24.8 Å². The van der Waals surface area contributed by atoms with E-state index in [2.05, 4.69) is 13.8 Å². The number of fused-ring (bicyclic) bond motifs is 5. The van der Waals surface area contributed by atoms with Crippen molar-refractivity contribution in [3.63, 3.8) is 0 Å². The van der Waals surface area contributed by atoms with Crippen LogP contribution in [0.25, 0.3) is 0 Å². The average Bonchev–Trinajstić information content (AvgIpc) is 2.93. The van der Waals surface area contributed by atoms with Gasteiger partial charge in [0, 0.05) is 20.0 Å². The zero-order chi connectivity index (χ0) is 18.6. The predicted molar refractivity (Wildman–Crippen MR) is 102 cm³/mol. The third kappa shape index (κ3) is 2.35. The molecule has 4 aliphatic rings. The van der Waals surface area contributed by atoms with Crippen molar-refractivity contribution >= 4 is 12.1 Å². The molecule has 0 radical (unpaired) electrons. The van der Waals surface area contributed by atoms with Gasteiger partial charge in [-0.15, -0.1) is 0 Å². The monoisotopic (exact) mass is 358 g/mol. The van der Waals surface area contributed by atoms with E-state index in [4.69, 9.17) is 4.74 Å². The molecule has 4 unspecified atom stereocenters. The lowest BCUT2D eigenvalue weighted by Gasteiger charge is -2.59. The van der Waals surface area contributed by atoms with Crippen molar-refractivity contribution in [3.05, 3.63) is 11.6 Å². The van der Waals surface area contributed by atoms with Crippen LogP contribution in [0.2, 0.25) is 0 Å². The van der Waals surface area contributed by atoms with Gasteiger partial charge in [-0.3, -0.25) is 4.79 Å². The van der Waals surface area contributed by atoms with Crippen LogP contribution in [0.1, 0.15) is 78.1 Å². The Morgan fingerprint density at radius 2 is 1.88 bits per heavy atom. The van der Waals surface area contributed by atoms with Gasteiger partial charge >= 0.3 is 0 Å². The van der Waals surface area contributed by atoms with E-state index < -0.39 is 0 Å². The Bertz CT molecular complexity index is 637. The third-order valence-corrected chi connectivity index (χ3v) is 9.31. The molecule has 3 heteroatoms. The van der Waals surface area contributed by atoms with Gasteiger partial charge in [0.2, 0.25) is 0 Å². The number of rotatable bonds is 4. The van der Waals surface area contributed by atoms with Crippen molar-refractivity contribution in [1.82, 2.24) is 0 Å². The van der Waals surface area contributed by atoms with Gasteiger partial charge in [0.1, 0.15) is 6.29 Å². The molecule has 0 bridgehead atoms. The minimum Gasteiger partial charge on any atom is -0.378 e. The number of carbonyl (C=O) groups excluding carboxylic acids is 2. The van der Waals surface area contributed by atoms with Gasteiger partial charge in [0.25, 0.3) is 0 Å². The average molecular weight is 359 g/mol. The molecule has 3 fully saturated rings. The van der Waals surface area contributed by atoms with Gasteiger partial charge in [-0.05, 0) is 86.0 Å². The van der Waals surface area contributed by atoms with Crippen molar-refractivity contribution in [1.29, 1.82) is 0 Å². The molecule has 144 valence electrons. The van der Waals surface area contributed by atoms with Crippen LogP contribution in [0.15, 0.2) is 11.6 Å². The lowest BCUT2D eigenvalue weighted by Crippen LogP contribution is -2.55. The van der Waals surface area contributed by atoms with Crippen LogP contribution in [0, 0.1) is 28.6 Å². The second-order valence-electron chi connectivity index (χ2n) is 9.87. The standard InChI is InChI=1S/C23H34O3/c1-21-11-7-17(25)15-16(21)5-6-18-19(21)8-12-22(2)20(18)9-13-23(22,26-3)10-4-14-24/h14-15,18-20H,4-13H2,1-3H3/t18-,19?,20?,21?,22?,23+/m1/s1. The van der Waals surface area contributed by atoms with Crippen LogP contribution in [0.3, 0.4) is 0 Å².